The standard InChI is InChI=1S/C21H17Cl2N3O3S/c1-13(25-26-20(27)12-29-18-8-7-15(22)11-17(18)23)14-4-2-5-16(10-14)24-21(28)19-6-3-9-30-19/h2-11H,12H2,1H3,(H,24,28)(H,26,27). The molecule has 1 heterocycles. The SMILES string of the molecule is CC(=NNC(=O)COc1ccc(Cl)cc1Cl)c1cccc(NC(=O)c2cccs2)c1. The van der Waals surface area contributed by atoms with Gasteiger partial charge in [-0.15, -0.1) is 11.3 Å². The normalized spacial score (nSPS) is 11.1. The Morgan fingerprint density at radius 1 is 1.10 bits per heavy atom. The molecule has 0 spiro atoms. The van der Waals surface area contributed by atoms with Crippen LogP contribution >= 0.6 is 34.5 Å². The molecule has 9 heteroatoms. The molecule has 0 aliphatic carbocycles. The van der Waals surface area contributed by atoms with Gasteiger partial charge in [0.2, 0.25) is 0 Å². The molecule has 2 N–H and O–H groups in total. The van der Waals surface area contributed by atoms with Gasteiger partial charge in [0.1, 0.15) is 5.75 Å². The molecule has 0 unspecified atom stereocenters. The first kappa shape index (κ1) is 21.8. The predicted octanol–water partition coefficient (Wildman–Crippen LogP) is 5.23. The zero-order valence-electron chi connectivity index (χ0n) is 15.8. The van der Waals surface area contributed by atoms with Gasteiger partial charge in [0.05, 0.1) is 15.6 Å². The van der Waals surface area contributed by atoms with Gasteiger partial charge >= 0.3 is 0 Å². The second-order valence-corrected chi connectivity index (χ2v) is 7.90. The molecule has 0 saturated carbocycles. The molecule has 6 nitrogen and oxygen atoms in total. The summed E-state index contributed by atoms with van der Waals surface area (Å²) < 4.78 is 5.37. The molecule has 0 bridgehead atoms. The summed E-state index contributed by atoms with van der Waals surface area (Å²) in [6.45, 7) is 1.49. The Bertz CT molecular complexity index is 1080. The minimum atomic E-state index is -0.442. The van der Waals surface area contributed by atoms with Gasteiger partial charge < -0.3 is 10.1 Å². The Morgan fingerprint density at radius 2 is 1.93 bits per heavy atom. The Labute approximate surface area is 187 Å². The van der Waals surface area contributed by atoms with Gasteiger partial charge in [-0.05, 0) is 54.3 Å². The van der Waals surface area contributed by atoms with Crippen LogP contribution in [-0.2, 0) is 4.79 Å². The zero-order valence-corrected chi connectivity index (χ0v) is 18.1. The number of thiophene rings is 1. The zero-order chi connectivity index (χ0) is 21.5. The Hall–Kier alpha value is -2.87. The van der Waals surface area contributed by atoms with E-state index < -0.39 is 5.91 Å². The summed E-state index contributed by atoms with van der Waals surface area (Å²) in [5, 5.41) is 9.56. The summed E-state index contributed by atoms with van der Waals surface area (Å²) in [5.74, 6) is -0.267. The number of carbonyl (C=O) groups is 2. The Balaban J connectivity index is 1.57. The fourth-order valence-electron chi connectivity index (χ4n) is 2.40. The summed E-state index contributed by atoms with van der Waals surface area (Å²) >= 11 is 13.2. The fraction of sp³-hybridized carbons (Fsp3) is 0.0952. The highest BCUT2D eigenvalue weighted by atomic mass is 35.5. The first-order valence-electron chi connectivity index (χ1n) is 8.78. The molecule has 2 aromatic carbocycles. The topological polar surface area (TPSA) is 79.8 Å². The van der Waals surface area contributed by atoms with Crippen molar-refractivity contribution in [1.29, 1.82) is 0 Å². The first-order valence-corrected chi connectivity index (χ1v) is 10.4. The van der Waals surface area contributed by atoms with E-state index in [9.17, 15) is 9.59 Å². The average molecular weight is 462 g/mol. The summed E-state index contributed by atoms with van der Waals surface area (Å²) in [7, 11) is 0. The predicted molar refractivity (Wildman–Crippen MR) is 121 cm³/mol. The quantitative estimate of drug-likeness (QED) is 0.373. The van der Waals surface area contributed by atoms with Crippen molar-refractivity contribution in [3.05, 3.63) is 80.5 Å². The smallest absolute Gasteiger partial charge is 0.277 e. The van der Waals surface area contributed by atoms with Crippen molar-refractivity contribution in [2.24, 2.45) is 5.10 Å². The van der Waals surface area contributed by atoms with E-state index >= 15 is 0 Å². The van der Waals surface area contributed by atoms with Crippen LogP contribution in [0.5, 0.6) is 5.75 Å². The highest BCUT2D eigenvalue weighted by Gasteiger charge is 2.09. The van der Waals surface area contributed by atoms with Gasteiger partial charge in [-0.25, -0.2) is 5.43 Å². The number of carbonyl (C=O) groups excluding carboxylic acids is 2. The van der Waals surface area contributed by atoms with Crippen LogP contribution in [0.25, 0.3) is 0 Å². The van der Waals surface area contributed by atoms with E-state index in [1.54, 1.807) is 43.3 Å². The lowest BCUT2D eigenvalue weighted by molar-refractivity contribution is -0.123. The molecule has 0 fully saturated rings. The molecule has 3 rings (SSSR count). The summed E-state index contributed by atoms with van der Waals surface area (Å²) in [4.78, 5) is 24.8. The molecule has 2 amide bonds. The van der Waals surface area contributed by atoms with E-state index in [0.29, 0.717) is 32.1 Å². The maximum absolute atomic E-state index is 12.2. The lowest BCUT2D eigenvalue weighted by Crippen LogP contribution is -2.25. The van der Waals surface area contributed by atoms with E-state index in [4.69, 9.17) is 27.9 Å². The highest BCUT2D eigenvalue weighted by Crippen LogP contribution is 2.27. The molecule has 1 aromatic heterocycles. The van der Waals surface area contributed by atoms with E-state index in [2.05, 4.69) is 15.8 Å². The Morgan fingerprint density at radius 3 is 2.67 bits per heavy atom. The van der Waals surface area contributed by atoms with Crippen LogP contribution in [0.3, 0.4) is 0 Å². The molecule has 0 aliphatic heterocycles. The van der Waals surface area contributed by atoms with E-state index in [1.807, 2.05) is 17.5 Å². The van der Waals surface area contributed by atoms with Crippen molar-refractivity contribution >= 4 is 57.8 Å². The number of hydrazone groups is 1. The molecule has 154 valence electrons. The van der Waals surface area contributed by atoms with Gasteiger partial charge in [-0.2, -0.15) is 5.10 Å². The molecular formula is C21H17Cl2N3O3S. The summed E-state index contributed by atoms with van der Waals surface area (Å²) in [6.07, 6.45) is 0. The lowest BCUT2D eigenvalue weighted by Gasteiger charge is -2.08. The number of rotatable bonds is 7. The minimum absolute atomic E-state index is 0.178. The van der Waals surface area contributed by atoms with Gasteiger partial charge in [0.15, 0.2) is 6.61 Å². The molecular weight excluding hydrogens is 445 g/mol. The van der Waals surface area contributed by atoms with E-state index in [-0.39, 0.29) is 12.5 Å². The Kier molecular flexibility index (Phi) is 7.46. The van der Waals surface area contributed by atoms with Crippen LogP contribution in [0.4, 0.5) is 5.69 Å². The number of amides is 2. The van der Waals surface area contributed by atoms with Crippen molar-refractivity contribution in [2.75, 3.05) is 11.9 Å². The highest BCUT2D eigenvalue weighted by molar-refractivity contribution is 7.12. The van der Waals surface area contributed by atoms with Gasteiger partial charge in [0.25, 0.3) is 11.8 Å². The maximum Gasteiger partial charge on any atom is 0.277 e. The van der Waals surface area contributed by atoms with Crippen molar-refractivity contribution in [2.45, 2.75) is 6.92 Å². The fourth-order valence-corrected chi connectivity index (χ4v) is 3.48. The van der Waals surface area contributed by atoms with Crippen LogP contribution < -0.4 is 15.5 Å². The number of halogens is 2. The van der Waals surface area contributed by atoms with Crippen LogP contribution in [0.1, 0.15) is 22.2 Å². The van der Waals surface area contributed by atoms with Gasteiger partial charge in [-0.1, -0.05) is 41.4 Å². The lowest BCUT2D eigenvalue weighted by atomic mass is 10.1. The summed E-state index contributed by atoms with van der Waals surface area (Å²) in [6, 6.07) is 15.5. The third kappa shape index (κ3) is 6.06. The molecule has 30 heavy (non-hydrogen) atoms. The van der Waals surface area contributed by atoms with E-state index in [0.717, 1.165) is 5.56 Å². The van der Waals surface area contributed by atoms with Crippen LogP contribution in [0, 0.1) is 0 Å². The van der Waals surface area contributed by atoms with Gasteiger partial charge in [0, 0.05) is 10.7 Å². The minimum Gasteiger partial charge on any atom is -0.482 e. The molecule has 0 atom stereocenters. The largest absolute Gasteiger partial charge is 0.482 e. The van der Waals surface area contributed by atoms with Crippen molar-refractivity contribution in [3.8, 4) is 5.75 Å². The van der Waals surface area contributed by atoms with Gasteiger partial charge in [-0.3, -0.25) is 9.59 Å². The molecule has 0 aliphatic rings. The molecule has 0 saturated heterocycles. The monoisotopic (exact) mass is 461 g/mol. The molecule has 0 radical (unpaired) electrons. The number of nitrogens with zero attached hydrogens (tertiary/aromatic N) is 1. The van der Waals surface area contributed by atoms with Crippen LogP contribution in [0.2, 0.25) is 10.0 Å². The van der Waals surface area contributed by atoms with Crippen molar-refractivity contribution in [1.82, 2.24) is 5.43 Å². The number of nitrogens with one attached hydrogen (secondary N) is 2. The number of benzene rings is 2. The number of hydrogen-bond acceptors (Lipinski definition) is 5. The third-order valence-electron chi connectivity index (χ3n) is 3.88. The number of anilines is 1. The average Bonchev–Trinajstić information content (AvgIpc) is 3.26. The summed E-state index contributed by atoms with van der Waals surface area (Å²) in [5.41, 5.74) is 4.39. The maximum atomic E-state index is 12.2. The third-order valence-corrected chi connectivity index (χ3v) is 5.28. The van der Waals surface area contributed by atoms with Crippen LogP contribution in [0.15, 0.2) is 65.1 Å². The first-order chi connectivity index (χ1) is 14.4. The van der Waals surface area contributed by atoms with Crippen molar-refractivity contribution in [3.63, 3.8) is 0 Å². The number of ether oxygens (including phenoxy) is 1. The van der Waals surface area contributed by atoms with Crippen molar-refractivity contribution < 1.29 is 14.3 Å². The second-order valence-electron chi connectivity index (χ2n) is 6.11. The van der Waals surface area contributed by atoms with Crippen LogP contribution in [-0.4, -0.2) is 24.1 Å². The number of hydrogen-bond donors (Lipinski definition) is 2. The molecule has 3 aromatic rings. The van der Waals surface area contributed by atoms with E-state index in [1.165, 1.54) is 17.4 Å². The second kappa shape index (κ2) is 10.2.